The van der Waals surface area contributed by atoms with Gasteiger partial charge in [-0.05, 0) is 24.3 Å². The van der Waals surface area contributed by atoms with E-state index < -0.39 is 24.1 Å². The van der Waals surface area contributed by atoms with E-state index in [-0.39, 0.29) is 6.54 Å². The van der Waals surface area contributed by atoms with Crippen LogP contribution in [0.3, 0.4) is 0 Å². The first-order valence-electron chi connectivity index (χ1n) is 7.50. The maximum absolute atomic E-state index is 12.2. The molecule has 0 saturated heterocycles. The van der Waals surface area contributed by atoms with Gasteiger partial charge in [-0.15, -0.1) is 0 Å². The Bertz CT molecular complexity index is 984. The van der Waals surface area contributed by atoms with Crippen molar-refractivity contribution < 1.29 is 23.5 Å². The van der Waals surface area contributed by atoms with Crippen LogP contribution in [0, 0.1) is 0 Å². The third kappa shape index (κ3) is 3.45. The number of fused-ring (bicyclic) bond motifs is 1. The monoisotopic (exact) mass is 341 g/mol. The zero-order valence-electron chi connectivity index (χ0n) is 13.4. The minimum Gasteiger partial charge on any atom is -0.496 e. The van der Waals surface area contributed by atoms with Gasteiger partial charge in [0.1, 0.15) is 12.3 Å². The van der Waals surface area contributed by atoms with E-state index in [0.717, 1.165) is 4.57 Å². The Morgan fingerprint density at radius 1 is 1.08 bits per heavy atom. The van der Waals surface area contributed by atoms with Crippen molar-refractivity contribution in [1.29, 1.82) is 0 Å². The van der Waals surface area contributed by atoms with E-state index in [4.69, 9.17) is 13.9 Å². The minimum absolute atomic E-state index is 0.323. The fourth-order valence-corrected chi connectivity index (χ4v) is 2.44. The van der Waals surface area contributed by atoms with E-state index in [0.29, 0.717) is 22.4 Å². The average Bonchev–Trinajstić information content (AvgIpc) is 2.95. The molecule has 0 N–H and O–H groups in total. The normalized spacial score (nSPS) is 10.6. The van der Waals surface area contributed by atoms with Crippen molar-refractivity contribution in [3.05, 3.63) is 64.6 Å². The number of benzene rings is 2. The quantitative estimate of drug-likeness (QED) is 0.503. The van der Waals surface area contributed by atoms with Crippen LogP contribution in [-0.4, -0.2) is 30.0 Å². The Morgan fingerprint density at radius 2 is 1.80 bits per heavy atom. The molecule has 3 aromatic rings. The summed E-state index contributed by atoms with van der Waals surface area (Å²) in [5, 5.41) is 0. The van der Waals surface area contributed by atoms with Crippen LogP contribution in [0.25, 0.3) is 11.1 Å². The number of Topliss-reactive ketones (excluding diaryl/α,β-unsaturated/α-hetero) is 1. The Morgan fingerprint density at radius 3 is 2.60 bits per heavy atom. The molecular weight excluding hydrogens is 326 g/mol. The number of ketones is 1. The van der Waals surface area contributed by atoms with Crippen LogP contribution in [0.5, 0.6) is 5.75 Å². The predicted molar refractivity (Wildman–Crippen MR) is 88.8 cm³/mol. The number of carbonyl (C=O) groups is 2. The molecule has 0 saturated carbocycles. The number of methoxy groups -OCH3 is 1. The van der Waals surface area contributed by atoms with Gasteiger partial charge in [0.15, 0.2) is 12.2 Å². The van der Waals surface area contributed by atoms with Crippen molar-refractivity contribution in [3.8, 4) is 5.75 Å². The van der Waals surface area contributed by atoms with Crippen molar-refractivity contribution in [2.45, 2.75) is 6.54 Å². The highest BCUT2D eigenvalue weighted by Crippen LogP contribution is 2.18. The number of hydrogen-bond donors (Lipinski definition) is 0. The molecule has 1 aromatic heterocycles. The molecule has 0 bridgehead atoms. The van der Waals surface area contributed by atoms with Gasteiger partial charge in [-0.2, -0.15) is 0 Å². The Balaban J connectivity index is 1.68. The van der Waals surface area contributed by atoms with Gasteiger partial charge < -0.3 is 13.9 Å². The first kappa shape index (κ1) is 16.5. The lowest BCUT2D eigenvalue weighted by atomic mass is 10.1. The number of ether oxygens (including phenoxy) is 2. The smallest absolute Gasteiger partial charge is 0.420 e. The maximum Gasteiger partial charge on any atom is 0.420 e. The van der Waals surface area contributed by atoms with E-state index in [2.05, 4.69) is 0 Å². The number of rotatable bonds is 6. The molecule has 0 atom stereocenters. The number of para-hydroxylation sites is 3. The van der Waals surface area contributed by atoms with Crippen LogP contribution in [0.2, 0.25) is 0 Å². The van der Waals surface area contributed by atoms with Crippen molar-refractivity contribution in [2.24, 2.45) is 0 Å². The van der Waals surface area contributed by atoms with Crippen LogP contribution in [0.1, 0.15) is 10.4 Å². The summed E-state index contributed by atoms with van der Waals surface area (Å²) in [6.45, 7) is -0.779. The minimum atomic E-state index is -0.711. The van der Waals surface area contributed by atoms with Crippen LogP contribution in [0.4, 0.5) is 0 Å². The topological polar surface area (TPSA) is 87.7 Å². The van der Waals surface area contributed by atoms with Crippen molar-refractivity contribution >= 4 is 22.9 Å². The van der Waals surface area contributed by atoms with Gasteiger partial charge in [-0.3, -0.25) is 14.2 Å². The zero-order valence-corrected chi connectivity index (χ0v) is 13.4. The van der Waals surface area contributed by atoms with Crippen LogP contribution < -0.4 is 10.5 Å². The zero-order chi connectivity index (χ0) is 17.8. The van der Waals surface area contributed by atoms with Gasteiger partial charge in [0, 0.05) is 0 Å². The van der Waals surface area contributed by atoms with Crippen molar-refractivity contribution in [1.82, 2.24) is 4.57 Å². The second-order valence-electron chi connectivity index (χ2n) is 5.21. The standard InChI is InChI=1S/C18H15NO6/c1-23-15-8-4-2-6-12(15)14(20)11-24-17(21)10-19-13-7-3-5-9-16(13)25-18(19)22/h2-9H,10-11H2,1H3. The van der Waals surface area contributed by atoms with Gasteiger partial charge in [0.05, 0.1) is 18.2 Å². The molecule has 25 heavy (non-hydrogen) atoms. The molecule has 0 spiro atoms. The number of esters is 1. The Hall–Kier alpha value is -3.35. The summed E-state index contributed by atoms with van der Waals surface area (Å²) in [5.41, 5.74) is 1.19. The summed E-state index contributed by atoms with van der Waals surface area (Å²) >= 11 is 0. The molecule has 7 heteroatoms. The van der Waals surface area contributed by atoms with E-state index in [1.165, 1.54) is 7.11 Å². The molecule has 0 unspecified atom stereocenters. The molecule has 3 rings (SSSR count). The van der Waals surface area contributed by atoms with Crippen LogP contribution in [0.15, 0.2) is 57.7 Å². The van der Waals surface area contributed by atoms with Crippen molar-refractivity contribution in [3.63, 3.8) is 0 Å². The molecule has 0 fully saturated rings. The second-order valence-corrected chi connectivity index (χ2v) is 5.21. The van der Waals surface area contributed by atoms with Gasteiger partial charge in [-0.1, -0.05) is 24.3 Å². The predicted octanol–water partition coefficient (Wildman–Crippen LogP) is 2.03. The number of hydrogen-bond acceptors (Lipinski definition) is 6. The first-order chi connectivity index (χ1) is 12.1. The summed E-state index contributed by atoms with van der Waals surface area (Å²) in [6, 6.07) is 13.4. The van der Waals surface area contributed by atoms with Gasteiger partial charge in [0.2, 0.25) is 5.78 Å². The summed E-state index contributed by atoms with van der Waals surface area (Å²) in [4.78, 5) is 36.0. The molecule has 2 aromatic carbocycles. The van der Waals surface area contributed by atoms with Gasteiger partial charge in [0.25, 0.3) is 0 Å². The lowest BCUT2D eigenvalue weighted by Crippen LogP contribution is -2.23. The number of oxazole rings is 1. The van der Waals surface area contributed by atoms with Crippen LogP contribution in [-0.2, 0) is 16.1 Å². The lowest BCUT2D eigenvalue weighted by molar-refractivity contribution is -0.143. The SMILES string of the molecule is COc1ccccc1C(=O)COC(=O)Cn1c(=O)oc2ccccc21. The van der Waals surface area contributed by atoms with Crippen LogP contribution >= 0.6 is 0 Å². The fourth-order valence-electron chi connectivity index (χ4n) is 2.44. The van der Waals surface area contributed by atoms with Gasteiger partial charge >= 0.3 is 11.7 Å². The largest absolute Gasteiger partial charge is 0.496 e. The summed E-state index contributed by atoms with van der Waals surface area (Å²) in [7, 11) is 1.45. The highest BCUT2D eigenvalue weighted by molar-refractivity contribution is 6.00. The Labute approximate surface area is 142 Å². The highest BCUT2D eigenvalue weighted by Gasteiger charge is 2.16. The molecule has 0 aliphatic carbocycles. The van der Waals surface area contributed by atoms with E-state index in [9.17, 15) is 14.4 Å². The third-order valence-corrected chi connectivity index (χ3v) is 3.63. The third-order valence-electron chi connectivity index (χ3n) is 3.63. The maximum atomic E-state index is 12.2. The Kier molecular flexibility index (Phi) is 4.65. The fraction of sp³-hybridized carbons (Fsp3) is 0.167. The van der Waals surface area contributed by atoms with E-state index in [1.54, 1.807) is 48.5 Å². The number of aromatic nitrogens is 1. The van der Waals surface area contributed by atoms with E-state index in [1.807, 2.05) is 0 Å². The molecule has 1 heterocycles. The molecule has 7 nitrogen and oxygen atoms in total. The van der Waals surface area contributed by atoms with E-state index >= 15 is 0 Å². The van der Waals surface area contributed by atoms with Crippen molar-refractivity contribution in [2.75, 3.05) is 13.7 Å². The lowest BCUT2D eigenvalue weighted by Gasteiger charge is -2.08. The number of carbonyl (C=O) groups excluding carboxylic acids is 2. The summed E-state index contributed by atoms with van der Waals surface area (Å²) in [5.74, 6) is -1.36. The highest BCUT2D eigenvalue weighted by atomic mass is 16.5. The molecule has 128 valence electrons. The molecule has 0 aliphatic heterocycles. The second kappa shape index (κ2) is 7.04. The molecule has 0 radical (unpaired) electrons. The first-order valence-corrected chi connectivity index (χ1v) is 7.50. The molecular formula is C18H15NO6. The average molecular weight is 341 g/mol. The summed E-state index contributed by atoms with van der Waals surface area (Å²) < 4.78 is 16.3. The summed E-state index contributed by atoms with van der Waals surface area (Å²) in [6.07, 6.45) is 0. The molecule has 0 amide bonds. The number of nitrogens with zero attached hydrogens (tertiary/aromatic N) is 1. The molecule has 0 aliphatic rings. The van der Waals surface area contributed by atoms with Gasteiger partial charge in [-0.25, -0.2) is 4.79 Å².